The summed E-state index contributed by atoms with van der Waals surface area (Å²) in [6.45, 7) is 5.46. The normalized spacial score (nSPS) is 10.3. The van der Waals surface area contributed by atoms with Crippen LogP contribution in [0.3, 0.4) is 0 Å². The Labute approximate surface area is 156 Å². The second kappa shape index (κ2) is 8.39. The van der Waals surface area contributed by atoms with Crippen LogP contribution in [0.1, 0.15) is 29.8 Å². The number of nitro groups is 1. The Morgan fingerprint density at radius 1 is 1.23 bits per heavy atom. The summed E-state index contributed by atoms with van der Waals surface area (Å²) in [5.74, 6) is 0.0626. The van der Waals surface area contributed by atoms with E-state index in [4.69, 9.17) is 17.0 Å². The second-order valence-corrected chi connectivity index (χ2v) is 6.24. The summed E-state index contributed by atoms with van der Waals surface area (Å²) < 4.78 is 5.63. The fourth-order valence-corrected chi connectivity index (χ4v) is 2.44. The summed E-state index contributed by atoms with van der Waals surface area (Å²) in [6, 6.07) is 11.2. The molecule has 2 N–H and O–H groups in total. The van der Waals surface area contributed by atoms with E-state index in [9.17, 15) is 14.9 Å². The van der Waals surface area contributed by atoms with E-state index in [1.807, 2.05) is 13.8 Å². The predicted molar refractivity (Wildman–Crippen MR) is 104 cm³/mol. The molecule has 2 aromatic carbocycles. The average Bonchev–Trinajstić information content (AvgIpc) is 2.56. The largest absolute Gasteiger partial charge is 0.490 e. The lowest BCUT2D eigenvalue weighted by atomic mass is 10.2. The van der Waals surface area contributed by atoms with Gasteiger partial charge in [-0.25, -0.2) is 0 Å². The molecule has 0 saturated carbocycles. The number of ether oxygens (including phenoxy) is 1. The summed E-state index contributed by atoms with van der Waals surface area (Å²) in [6.07, 6.45) is -0.0724. The highest BCUT2D eigenvalue weighted by Crippen LogP contribution is 2.22. The Morgan fingerprint density at radius 3 is 2.54 bits per heavy atom. The minimum atomic E-state index is -0.470. The Bertz CT molecular complexity index is 852. The lowest BCUT2D eigenvalue weighted by Gasteiger charge is -2.15. The number of non-ortho nitro benzene ring substituents is 1. The molecule has 0 aromatic heterocycles. The number of anilines is 1. The first-order valence-electron chi connectivity index (χ1n) is 7.91. The van der Waals surface area contributed by atoms with E-state index in [1.54, 1.807) is 37.3 Å². The summed E-state index contributed by atoms with van der Waals surface area (Å²) in [5, 5.41) is 16.3. The third-order valence-electron chi connectivity index (χ3n) is 3.39. The number of para-hydroxylation sites is 1. The molecule has 136 valence electrons. The van der Waals surface area contributed by atoms with Gasteiger partial charge < -0.3 is 10.1 Å². The number of nitro benzene ring substituents is 1. The zero-order valence-corrected chi connectivity index (χ0v) is 15.4. The van der Waals surface area contributed by atoms with Gasteiger partial charge in [0, 0.05) is 17.8 Å². The Hall–Kier alpha value is -3.00. The van der Waals surface area contributed by atoms with Crippen molar-refractivity contribution < 1.29 is 14.5 Å². The fraction of sp³-hybridized carbons (Fsp3) is 0.222. The van der Waals surface area contributed by atoms with Gasteiger partial charge in [0.2, 0.25) is 0 Å². The topological polar surface area (TPSA) is 93.5 Å². The van der Waals surface area contributed by atoms with Gasteiger partial charge in [-0.2, -0.15) is 0 Å². The number of nitrogens with zero attached hydrogens (tertiary/aromatic N) is 1. The van der Waals surface area contributed by atoms with E-state index in [0.717, 1.165) is 0 Å². The molecule has 0 heterocycles. The van der Waals surface area contributed by atoms with Gasteiger partial charge in [-0.15, -0.1) is 0 Å². The molecule has 8 heteroatoms. The third-order valence-corrected chi connectivity index (χ3v) is 3.59. The lowest BCUT2D eigenvalue weighted by Crippen LogP contribution is -2.34. The van der Waals surface area contributed by atoms with Crippen LogP contribution in [0.2, 0.25) is 0 Å². The van der Waals surface area contributed by atoms with Crippen LogP contribution in [-0.4, -0.2) is 22.0 Å². The van der Waals surface area contributed by atoms with Crippen molar-refractivity contribution in [2.45, 2.75) is 26.9 Å². The van der Waals surface area contributed by atoms with Gasteiger partial charge in [-0.1, -0.05) is 12.1 Å². The zero-order chi connectivity index (χ0) is 19.3. The molecule has 0 radical (unpaired) electrons. The van der Waals surface area contributed by atoms with E-state index in [2.05, 4.69) is 10.6 Å². The highest BCUT2D eigenvalue weighted by molar-refractivity contribution is 7.80. The number of carbonyl (C=O) groups is 1. The van der Waals surface area contributed by atoms with E-state index >= 15 is 0 Å². The number of hydrogen-bond donors (Lipinski definition) is 2. The quantitative estimate of drug-likeness (QED) is 0.470. The number of hydrogen-bond acceptors (Lipinski definition) is 5. The molecule has 0 spiro atoms. The van der Waals surface area contributed by atoms with Crippen molar-refractivity contribution >= 4 is 34.6 Å². The summed E-state index contributed by atoms with van der Waals surface area (Å²) >= 11 is 5.17. The molecule has 7 nitrogen and oxygen atoms in total. The standard InChI is InChI=1S/C18H19N3O4S/c1-11(2)25-16-7-5-4-6-14(16)17(22)20-18(26)19-15-9-8-13(21(23)24)10-12(15)3/h4-11H,1-3H3,(H2,19,20,22,26). The van der Waals surface area contributed by atoms with Crippen LogP contribution in [0.15, 0.2) is 42.5 Å². The summed E-state index contributed by atoms with van der Waals surface area (Å²) in [7, 11) is 0. The molecule has 1 amide bonds. The van der Waals surface area contributed by atoms with Crippen molar-refractivity contribution in [3.8, 4) is 5.75 Å². The van der Waals surface area contributed by atoms with Gasteiger partial charge in [0.15, 0.2) is 5.11 Å². The monoisotopic (exact) mass is 373 g/mol. The third kappa shape index (κ3) is 5.00. The van der Waals surface area contributed by atoms with Crippen molar-refractivity contribution in [3.05, 3.63) is 63.7 Å². The number of thiocarbonyl (C=S) groups is 1. The Morgan fingerprint density at radius 2 is 1.92 bits per heavy atom. The van der Waals surface area contributed by atoms with Crippen LogP contribution in [-0.2, 0) is 0 Å². The van der Waals surface area contributed by atoms with Gasteiger partial charge in [0.1, 0.15) is 5.75 Å². The first-order chi connectivity index (χ1) is 12.3. The van der Waals surface area contributed by atoms with Gasteiger partial charge in [-0.3, -0.25) is 20.2 Å². The van der Waals surface area contributed by atoms with E-state index in [0.29, 0.717) is 22.6 Å². The number of benzene rings is 2. The second-order valence-electron chi connectivity index (χ2n) is 5.83. The zero-order valence-electron chi connectivity index (χ0n) is 14.6. The van der Waals surface area contributed by atoms with Crippen molar-refractivity contribution in [1.29, 1.82) is 0 Å². The predicted octanol–water partition coefficient (Wildman–Crippen LogP) is 3.82. The molecule has 0 atom stereocenters. The highest BCUT2D eigenvalue weighted by atomic mass is 32.1. The van der Waals surface area contributed by atoms with Crippen molar-refractivity contribution in [3.63, 3.8) is 0 Å². The lowest BCUT2D eigenvalue weighted by molar-refractivity contribution is -0.384. The maximum absolute atomic E-state index is 12.5. The molecular weight excluding hydrogens is 354 g/mol. The maximum atomic E-state index is 12.5. The van der Waals surface area contributed by atoms with Crippen LogP contribution in [0.5, 0.6) is 5.75 Å². The van der Waals surface area contributed by atoms with Crippen LogP contribution in [0.4, 0.5) is 11.4 Å². The van der Waals surface area contributed by atoms with Crippen LogP contribution >= 0.6 is 12.2 Å². The molecule has 0 aliphatic heterocycles. The molecule has 0 aliphatic rings. The van der Waals surface area contributed by atoms with Crippen molar-refractivity contribution in [1.82, 2.24) is 5.32 Å². The number of nitrogens with one attached hydrogen (secondary N) is 2. The Kier molecular flexibility index (Phi) is 6.24. The molecule has 2 aromatic rings. The SMILES string of the molecule is Cc1cc([N+](=O)[O-])ccc1NC(=S)NC(=O)c1ccccc1OC(C)C. The van der Waals surface area contributed by atoms with E-state index < -0.39 is 10.8 Å². The van der Waals surface area contributed by atoms with Gasteiger partial charge in [0.25, 0.3) is 11.6 Å². The van der Waals surface area contributed by atoms with Gasteiger partial charge in [0.05, 0.1) is 16.6 Å². The minimum absolute atomic E-state index is 0.0113. The maximum Gasteiger partial charge on any atom is 0.269 e. The molecule has 2 rings (SSSR count). The number of aryl methyl sites for hydroxylation is 1. The molecule has 0 aliphatic carbocycles. The van der Waals surface area contributed by atoms with Crippen LogP contribution in [0, 0.1) is 17.0 Å². The first kappa shape index (κ1) is 19.3. The number of amides is 1. The van der Waals surface area contributed by atoms with Crippen molar-refractivity contribution in [2.75, 3.05) is 5.32 Å². The Balaban J connectivity index is 2.09. The number of carbonyl (C=O) groups excluding carboxylic acids is 1. The number of rotatable bonds is 5. The molecule has 0 unspecified atom stereocenters. The fourth-order valence-electron chi connectivity index (χ4n) is 2.24. The smallest absolute Gasteiger partial charge is 0.269 e. The summed E-state index contributed by atoms with van der Waals surface area (Å²) in [4.78, 5) is 22.8. The molecule has 0 bridgehead atoms. The molecule has 0 fully saturated rings. The van der Waals surface area contributed by atoms with E-state index in [-0.39, 0.29) is 16.9 Å². The van der Waals surface area contributed by atoms with Crippen LogP contribution < -0.4 is 15.4 Å². The van der Waals surface area contributed by atoms with Crippen molar-refractivity contribution in [2.24, 2.45) is 0 Å². The molecule has 0 saturated heterocycles. The first-order valence-corrected chi connectivity index (χ1v) is 8.32. The molecular formula is C18H19N3O4S. The molecule has 26 heavy (non-hydrogen) atoms. The average molecular weight is 373 g/mol. The van der Waals surface area contributed by atoms with Gasteiger partial charge >= 0.3 is 0 Å². The minimum Gasteiger partial charge on any atom is -0.490 e. The van der Waals surface area contributed by atoms with E-state index in [1.165, 1.54) is 12.1 Å². The van der Waals surface area contributed by atoms with Gasteiger partial charge in [-0.05, 0) is 56.8 Å². The summed E-state index contributed by atoms with van der Waals surface area (Å²) in [5.41, 5.74) is 1.57. The van der Waals surface area contributed by atoms with Crippen LogP contribution in [0.25, 0.3) is 0 Å². The highest BCUT2D eigenvalue weighted by Gasteiger charge is 2.15.